The Balaban J connectivity index is 2.27. The zero-order chi connectivity index (χ0) is 16.8. The van der Waals surface area contributed by atoms with Crippen molar-refractivity contribution in [3.63, 3.8) is 0 Å². The van der Waals surface area contributed by atoms with Crippen LogP contribution in [0.4, 0.5) is 11.4 Å². The average molecular weight is 314 g/mol. The maximum absolute atomic E-state index is 6.18. The summed E-state index contributed by atoms with van der Waals surface area (Å²) in [6.07, 6.45) is 0. The van der Waals surface area contributed by atoms with Gasteiger partial charge >= 0.3 is 0 Å². The van der Waals surface area contributed by atoms with Gasteiger partial charge in [-0.15, -0.1) is 0 Å². The summed E-state index contributed by atoms with van der Waals surface area (Å²) in [5.41, 5.74) is 18.4. The molecule has 0 aliphatic heterocycles. The zero-order valence-electron chi connectivity index (χ0n) is 13.9. The first kappa shape index (κ1) is 14.5. The van der Waals surface area contributed by atoms with Crippen molar-refractivity contribution in [2.45, 2.75) is 6.92 Å². The number of aromatic nitrogens is 1. The lowest BCUT2D eigenvalue weighted by Crippen LogP contribution is -2.32. The molecule has 1 heterocycles. The lowest BCUT2D eigenvalue weighted by molar-refractivity contribution is -0.632. The smallest absolute Gasteiger partial charge is 0.220 e. The highest BCUT2D eigenvalue weighted by atomic mass is 14.9. The van der Waals surface area contributed by atoms with Crippen LogP contribution in [0.5, 0.6) is 0 Å². The number of nitrogen functional groups attached to an aromatic ring is 2. The zero-order valence-corrected chi connectivity index (χ0v) is 13.9. The van der Waals surface area contributed by atoms with E-state index < -0.39 is 0 Å². The molecule has 0 saturated carbocycles. The van der Waals surface area contributed by atoms with Gasteiger partial charge in [-0.1, -0.05) is 24.3 Å². The molecule has 4 N–H and O–H groups in total. The molecule has 0 amide bonds. The van der Waals surface area contributed by atoms with Gasteiger partial charge in [-0.2, -0.15) is 4.57 Å². The van der Waals surface area contributed by atoms with Gasteiger partial charge in [-0.05, 0) is 42.8 Å². The van der Waals surface area contributed by atoms with Crippen LogP contribution in [-0.2, 0) is 7.05 Å². The van der Waals surface area contributed by atoms with E-state index in [4.69, 9.17) is 11.5 Å². The molecule has 0 spiro atoms. The fourth-order valence-electron chi connectivity index (χ4n) is 3.44. The number of anilines is 2. The molecule has 1 aromatic heterocycles. The summed E-state index contributed by atoms with van der Waals surface area (Å²) in [5.74, 6) is 0. The number of aryl methyl sites for hydroxylation is 2. The van der Waals surface area contributed by atoms with E-state index in [1.54, 1.807) is 0 Å². The maximum atomic E-state index is 6.18. The normalized spacial score (nSPS) is 11.2. The van der Waals surface area contributed by atoms with Crippen molar-refractivity contribution >= 4 is 33.1 Å². The molecule has 0 aliphatic carbocycles. The molecule has 0 aliphatic rings. The molecule has 0 radical (unpaired) electrons. The van der Waals surface area contributed by atoms with Crippen molar-refractivity contribution in [3.05, 3.63) is 66.2 Å². The van der Waals surface area contributed by atoms with Gasteiger partial charge in [0.05, 0.1) is 10.8 Å². The predicted molar refractivity (Wildman–Crippen MR) is 102 cm³/mol. The molecule has 24 heavy (non-hydrogen) atoms. The number of nitrogens with zero attached hydrogens (tertiary/aromatic N) is 1. The van der Waals surface area contributed by atoms with Crippen molar-refractivity contribution in [3.8, 4) is 11.3 Å². The van der Waals surface area contributed by atoms with Crippen LogP contribution < -0.4 is 16.0 Å². The third kappa shape index (κ3) is 2.09. The molecular formula is C21H20N3+. The number of hydrogen-bond acceptors (Lipinski definition) is 2. The van der Waals surface area contributed by atoms with Crippen molar-refractivity contribution in [1.29, 1.82) is 0 Å². The summed E-state index contributed by atoms with van der Waals surface area (Å²) < 4.78 is 2.21. The number of nitrogens with two attached hydrogens (primary N) is 2. The van der Waals surface area contributed by atoms with Gasteiger partial charge in [0, 0.05) is 28.4 Å². The standard InChI is InChI=1S/C21H19N3/c1-13-10-17-16-9-8-15(22)11-18(16)21(14-6-4-3-5-7-14)24(2)20(17)12-19(13)23/h3-12,23H,22H2,1-2H3/p+1. The quantitative estimate of drug-likeness (QED) is 0.317. The van der Waals surface area contributed by atoms with Crippen molar-refractivity contribution in [1.82, 2.24) is 0 Å². The predicted octanol–water partition coefficient (Wildman–Crippen LogP) is 3.96. The maximum Gasteiger partial charge on any atom is 0.220 e. The van der Waals surface area contributed by atoms with Crippen molar-refractivity contribution < 1.29 is 4.57 Å². The number of fused-ring (bicyclic) bond motifs is 3. The van der Waals surface area contributed by atoms with Crippen LogP contribution in [0.1, 0.15) is 5.56 Å². The van der Waals surface area contributed by atoms with Crippen molar-refractivity contribution in [2.75, 3.05) is 11.5 Å². The fraction of sp³-hybridized carbons (Fsp3) is 0.0952. The Labute approximate surface area is 141 Å². The van der Waals surface area contributed by atoms with Gasteiger partial charge in [0.1, 0.15) is 7.05 Å². The van der Waals surface area contributed by atoms with E-state index in [1.807, 2.05) is 19.1 Å². The first-order valence-electron chi connectivity index (χ1n) is 8.03. The van der Waals surface area contributed by atoms with Gasteiger partial charge < -0.3 is 11.5 Å². The molecule has 0 fully saturated rings. The highest BCUT2D eigenvalue weighted by molar-refractivity contribution is 6.10. The molecule has 118 valence electrons. The molecule has 0 unspecified atom stereocenters. The molecule has 4 aromatic rings. The number of hydrogen-bond donors (Lipinski definition) is 2. The SMILES string of the molecule is Cc1cc2c3ccc(N)cc3c(-c3ccccc3)[n+](C)c2cc1N. The monoisotopic (exact) mass is 314 g/mol. The summed E-state index contributed by atoms with van der Waals surface area (Å²) in [6, 6.07) is 20.7. The Morgan fingerprint density at radius 1 is 0.792 bits per heavy atom. The molecule has 0 atom stereocenters. The van der Waals surface area contributed by atoms with Gasteiger partial charge in [0.2, 0.25) is 11.2 Å². The van der Waals surface area contributed by atoms with E-state index in [1.165, 1.54) is 10.8 Å². The van der Waals surface area contributed by atoms with Gasteiger partial charge in [0.25, 0.3) is 0 Å². The summed E-state index contributed by atoms with van der Waals surface area (Å²) in [5, 5.41) is 3.54. The Bertz CT molecular complexity index is 1080. The molecule has 0 saturated heterocycles. The summed E-state index contributed by atoms with van der Waals surface area (Å²) >= 11 is 0. The molecule has 3 heteroatoms. The van der Waals surface area contributed by atoms with Crippen LogP contribution in [0.25, 0.3) is 32.9 Å². The Morgan fingerprint density at radius 2 is 1.54 bits per heavy atom. The van der Waals surface area contributed by atoms with E-state index in [0.717, 1.165) is 39.1 Å². The highest BCUT2D eigenvalue weighted by Crippen LogP contribution is 2.33. The van der Waals surface area contributed by atoms with E-state index in [-0.39, 0.29) is 0 Å². The van der Waals surface area contributed by atoms with Crippen LogP contribution in [0.15, 0.2) is 60.7 Å². The minimum atomic E-state index is 0.770. The molecule has 4 rings (SSSR count). The number of rotatable bonds is 1. The lowest BCUT2D eigenvalue weighted by atomic mass is 9.97. The summed E-state index contributed by atoms with van der Waals surface area (Å²) in [6.45, 7) is 2.04. The van der Waals surface area contributed by atoms with Crippen LogP contribution in [0.2, 0.25) is 0 Å². The fourth-order valence-corrected chi connectivity index (χ4v) is 3.44. The minimum Gasteiger partial charge on any atom is -0.399 e. The minimum absolute atomic E-state index is 0.770. The topological polar surface area (TPSA) is 55.9 Å². The Hall–Kier alpha value is -3.07. The van der Waals surface area contributed by atoms with Gasteiger partial charge in [-0.3, -0.25) is 0 Å². The van der Waals surface area contributed by atoms with Crippen molar-refractivity contribution in [2.24, 2.45) is 7.05 Å². The Morgan fingerprint density at radius 3 is 2.29 bits per heavy atom. The largest absolute Gasteiger partial charge is 0.399 e. The van der Waals surface area contributed by atoms with Crippen LogP contribution in [-0.4, -0.2) is 0 Å². The van der Waals surface area contributed by atoms with E-state index in [0.29, 0.717) is 0 Å². The first-order valence-corrected chi connectivity index (χ1v) is 8.03. The van der Waals surface area contributed by atoms with Gasteiger partial charge in [0.15, 0.2) is 0 Å². The third-order valence-corrected chi connectivity index (χ3v) is 4.72. The number of pyridine rings is 1. The second kappa shape index (κ2) is 5.24. The summed E-state index contributed by atoms with van der Waals surface area (Å²) in [4.78, 5) is 0. The second-order valence-corrected chi connectivity index (χ2v) is 6.30. The molecule has 3 nitrogen and oxygen atoms in total. The number of benzene rings is 3. The van der Waals surface area contributed by atoms with Crippen LogP contribution in [0, 0.1) is 6.92 Å². The first-order chi connectivity index (χ1) is 11.6. The molecular weight excluding hydrogens is 294 g/mol. The van der Waals surface area contributed by atoms with E-state index >= 15 is 0 Å². The van der Waals surface area contributed by atoms with Crippen LogP contribution in [0.3, 0.4) is 0 Å². The Kier molecular flexibility index (Phi) is 3.17. The second-order valence-electron chi connectivity index (χ2n) is 6.30. The van der Waals surface area contributed by atoms with E-state index in [2.05, 4.69) is 60.1 Å². The van der Waals surface area contributed by atoms with E-state index in [9.17, 15) is 0 Å². The van der Waals surface area contributed by atoms with Crippen LogP contribution >= 0.6 is 0 Å². The highest BCUT2D eigenvalue weighted by Gasteiger charge is 2.21. The lowest BCUT2D eigenvalue weighted by Gasteiger charge is -2.11. The van der Waals surface area contributed by atoms with Gasteiger partial charge in [-0.25, -0.2) is 0 Å². The third-order valence-electron chi connectivity index (χ3n) is 4.72. The molecule has 0 bridgehead atoms. The average Bonchev–Trinajstić information content (AvgIpc) is 2.58. The molecule has 3 aromatic carbocycles. The summed E-state index contributed by atoms with van der Waals surface area (Å²) in [7, 11) is 2.09.